The Morgan fingerprint density at radius 3 is 2.78 bits per heavy atom. The molecule has 1 atom stereocenters. The van der Waals surface area contributed by atoms with Gasteiger partial charge in [-0.05, 0) is 18.9 Å². The highest BCUT2D eigenvalue weighted by molar-refractivity contribution is 5.77. The largest absolute Gasteiger partial charge is 0.483 e. The Hall–Kier alpha value is -1.55. The van der Waals surface area contributed by atoms with E-state index in [1.54, 1.807) is 6.07 Å². The molecule has 1 unspecified atom stereocenters. The molecule has 0 saturated heterocycles. The van der Waals surface area contributed by atoms with E-state index in [0.717, 1.165) is 12.0 Å². The highest BCUT2D eigenvalue weighted by atomic mass is 16.5. The first-order valence-electron chi connectivity index (χ1n) is 6.35. The van der Waals surface area contributed by atoms with Crippen molar-refractivity contribution in [2.45, 2.75) is 32.8 Å². The first-order chi connectivity index (χ1) is 8.69. The molecule has 0 heterocycles. The lowest BCUT2D eigenvalue weighted by Crippen LogP contribution is -2.29. The van der Waals surface area contributed by atoms with Gasteiger partial charge in [-0.25, -0.2) is 0 Å². The Morgan fingerprint density at radius 1 is 1.39 bits per heavy atom. The molecule has 0 radical (unpaired) electrons. The van der Waals surface area contributed by atoms with Crippen molar-refractivity contribution in [3.05, 3.63) is 29.8 Å². The molecule has 1 amide bonds. The van der Waals surface area contributed by atoms with Crippen LogP contribution in [-0.4, -0.2) is 24.2 Å². The molecule has 4 nitrogen and oxygen atoms in total. The SMILES string of the molecule is CCCNC(=O)COc1ccccc1C(O)CC. The molecular formula is C14H21NO3. The van der Waals surface area contributed by atoms with E-state index in [4.69, 9.17) is 4.74 Å². The molecule has 1 aromatic carbocycles. The van der Waals surface area contributed by atoms with Crippen LogP contribution in [-0.2, 0) is 4.79 Å². The van der Waals surface area contributed by atoms with Crippen molar-refractivity contribution in [2.24, 2.45) is 0 Å². The van der Waals surface area contributed by atoms with Gasteiger partial charge in [-0.15, -0.1) is 0 Å². The summed E-state index contributed by atoms with van der Waals surface area (Å²) in [6.45, 7) is 4.53. The molecule has 0 aliphatic carbocycles. The second-order valence-corrected chi connectivity index (χ2v) is 4.10. The van der Waals surface area contributed by atoms with Crippen molar-refractivity contribution in [2.75, 3.05) is 13.2 Å². The highest BCUT2D eigenvalue weighted by Gasteiger charge is 2.12. The van der Waals surface area contributed by atoms with Crippen LogP contribution in [0, 0.1) is 0 Å². The lowest BCUT2D eigenvalue weighted by molar-refractivity contribution is -0.123. The summed E-state index contributed by atoms with van der Waals surface area (Å²) in [4.78, 5) is 11.4. The monoisotopic (exact) mass is 251 g/mol. The van der Waals surface area contributed by atoms with E-state index < -0.39 is 6.10 Å². The lowest BCUT2D eigenvalue weighted by atomic mass is 10.1. The van der Waals surface area contributed by atoms with Crippen LogP contribution in [0.5, 0.6) is 5.75 Å². The van der Waals surface area contributed by atoms with Crippen LogP contribution in [0.3, 0.4) is 0 Å². The predicted molar refractivity (Wildman–Crippen MR) is 70.5 cm³/mol. The number of carbonyl (C=O) groups is 1. The number of aliphatic hydroxyl groups is 1. The number of rotatable bonds is 7. The zero-order valence-corrected chi connectivity index (χ0v) is 11.0. The first-order valence-corrected chi connectivity index (χ1v) is 6.35. The van der Waals surface area contributed by atoms with Crippen LogP contribution in [0.2, 0.25) is 0 Å². The van der Waals surface area contributed by atoms with Crippen LogP contribution in [0.15, 0.2) is 24.3 Å². The van der Waals surface area contributed by atoms with Crippen molar-refractivity contribution < 1.29 is 14.6 Å². The Bertz CT molecular complexity index is 379. The molecule has 4 heteroatoms. The number of hydrogen-bond donors (Lipinski definition) is 2. The van der Waals surface area contributed by atoms with Gasteiger partial charge in [-0.2, -0.15) is 0 Å². The predicted octanol–water partition coefficient (Wildman–Crippen LogP) is 2.04. The van der Waals surface area contributed by atoms with Crippen LogP contribution in [0.4, 0.5) is 0 Å². The second-order valence-electron chi connectivity index (χ2n) is 4.10. The van der Waals surface area contributed by atoms with E-state index in [1.165, 1.54) is 0 Å². The van der Waals surface area contributed by atoms with Crippen molar-refractivity contribution in [3.63, 3.8) is 0 Å². The van der Waals surface area contributed by atoms with Crippen molar-refractivity contribution in [3.8, 4) is 5.75 Å². The summed E-state index contributed by atoms with van der Waals surface area (Å²) in [5.74, 6) is 0.427. The van der Waals surface area contributed by atoms with Crippen LogP contribution in [0.25, 0.3) is 0 Å². The number of benzene rings is 1. The minimum Gasteiger partial charge on any atom is -0.483 e. The highest BCUT2D eigenvalue weighted by Crippen LogP contribution is 2.26. The molecule has 18 heavy (non-hydrogen) atoms. The normalized spacial score (nSPS) is 11.9. The van der Waals surface area contributed by atoms with E-state index in [0.29, 0.717) is 18.7 Å². The second kappa shape index (κ2) is 7.71. The maximum absolute atomic E-state index is 11.4. The molecule has 1 aromatic rings. The van der Waals surface area contributed by atoms with Crippen LogP contribution >= 0.6 is 0 Å². The van der Waals surface area contributed by atoms with E-state index in [2.05, 4.69) is 5.32 Å². The molecule has 0 aliphatic rings. The number of ether oxygens (including phenoxy) is 1. The fraction of sp³-hybridized carbons (Fsp3) is 0.500. The summed E-state index contributed by atoms with van der Waals surface area (Å²) in [6, 6.07) is 7.25. The number of aliphatic hydroxyl groups excluding tert-OH is 1. The minimum atomic E-state index is -0.556. The maximum atomic E-state index is 11.4. The summed E-state index contributed by atoms with van der Waals surface area (Å²) in [7, 11) is 0. The fourth-order valence-electron chi connectivity index (χ4n) is 1.57. The van der Waals surface area contributed by atoms with Crippen molar-refractivity contribution in [1.82, 2.24) is 5.32 Å². The molecule has 0 spiro atoms. The Morgan fingerprint density at radius 2 is 2.11 bits per heavy atom. The van der Waals surface area contributed by atoms with Gasteiger partial charge in [0.25, 0.3) is 5.91 Å². The Labute approximate surface area is 108 Å². The molecule has 0 aromatic heterocycles. The average molecular weight is 251 g/mol. The number of para-hydroxylation sites is 1. The third kappa shape index (κ3) is 4.37. The van der Waals surface area contributed by atoms with Gasteiger partial charge < -0.3 is 15.2 Å². The summed E-state index contributed by atoms with van der Waals surface area (Å²) >= 11 is 0. The van der Waals surface area contributed by atoms with Gasteiger partial charge in [-0.1, -0.05) is 32.0 Å². The van der Waals surface area contributed by atoms with Crippen molar-refractivity contribution >= 4 is 5.91 Å². The number of amides is 1. The summed E-state index contributed by atoms with van der Waals surface area (Å²) in [6.07, 6.45) is 0.958. The van der Waals surface area contributed by atoms with Gasteiger partial charge in [0.15, 0.2) is 6.61 Å². The fourth-order valence-corrected chi connectivity index (χ4v) is 1.57. The maximum Gasteiger partial charge on any atom is 0.257 e. The van der Waals surface area contributed by atoms with Crippen molar-refractivity contribution in [1.29, 1.82) is 0 Å². The molecule has 0 fully saturated rings. The van der Waals surface area contributed by atoms with Gasteiger partial charge >= 0.3 is 0 Å². The molecule has 1 rings (SSSR count). The van der Waals surface area contributed by atoms with E-state index >= 15 is 0 Å². The summed E-state index contributed by atoms with van der Waals surface area (Å²) in [5.41, 5.74) is 0.725. The smallest absolute Gasteiger partial charge is 0.257 e. The molecule has 0 saturated carbocycles. The molecule has 0 bridgehead atoms. The Kier molecular flexibility index (Phi) is 6.22. The molecule has 0 aliphatic heterocycles. The number of carbonyl (C=O) groups excluding carboxylic acids is 1. The van der Waals surface area contributed by atoms with E-state index in [-0.39, 0.29) is 12.5 Å². The zero-order chi connectivity index (χ0) is 13.4. The van der Waals surface area contributed by atoms with Crippen LogP contribution in [0.1, 0.15) is 38.4 Å². The molecular weight excluding hydrogens is 230 g/mol. The third-order valence-corrected chi connectivity index (χ3v) is 2.60. The molecule has 2 N–H and O–H groups in total. The first kappa shape index (κ1) is 14.5. The number of hydrogen-bond acceptors (Lipinski definition) is 3. The van der Waals surface area contributed by atoms with E-state index in [1.807, 2.05) is 32.0 Å². The van der Waals surface area contributed by atoms with Gasteiger partial charge in [0.2, 0.25) is 0 Å². The average Bonchev–Trinajstić information content (AvgIpc) is 2.42. The van der Waals surface area contributed by atoms with Gasteiger partial charge in [0.05, 0.1) is 6.10 Å². The van der Waals surface area contributed by atoms with Gasteiger partial charge in [0.1, 0.15) is 5.75 Å². The third-order valence-electron chi connectivity index (χ3n) is 2.60. The topological polar surface area (TPSA) is 58.6 Å². The molecule has 100 valence electrons. The minimum absolute atomic E-state index is 0.0204. The van der Waals surface area contributed by atoms with Gasteiger partial charge in [-0.3, -0.25) is 4.79 Å². The van der Waals surface area contributed by atoms with Crippen LogP contribution < -0.4 is 10.1 Å². The number of nitrogens with one attached hydrogen (secondary N) is 1. The summed E-state index contributed by atoms with van der Waals surface area (Å²) in [5, 5.41) is 12.6. The van der Waals surface area contributed by atoms with Gasteiger partial charge in [0, 0.05) is 12.1 Å². The quantitative estimate of drug-likeness (QED) is 0.779. The summed E-state index contributed by atoms with van der Waals surface area (Å²) < 4.78 is 5.45. The Balaban J connectivity index is 2.59. The lowest BCUT2D eigenvalue weighted by Gasteiger charge is -2.14. The zero-order valence-electron chi connectivity index (χ0n) is 11.0. The standard InChI is InChI=1S/C14H21NO3/c1-3-9-15-14(17)10-18-13-8-6-5-7-11(13)12(16)4-2/h5-8,12,16H,3-4,9-10H2,1-2H3,(H,15,17). The van der Waals surface area contributed by atoms with E-state index in [9.17, 15) is 9.90 Å².